The van der Waals surface area contributed by atoms with E-state index in [9.17, 15) is 18.4 Å². The molecule has 0 radical (unpaired) electrons. The number of aromatic carboxylic acids is 1. The van der Waals surface area contributed by atoms with E-state index in [2.05, 4.69) is 10.6 Å². The molecule has 0 fully saturated rings. The minimum Gasteiger partial charge on any atom is -0.478 e. The molecule has 3 N–H and O–H groups in total. The predicted octanol–water partition coefficient (Wildman–Crippen LogP) is 3.22. The van der Waals surface area contributed by atoms with Crippen LogP contribution in [0.3, 0.4) is 0 Å². The Morgan fingerprint density at radius 3 is 2.29 bits per heavy atom. The van der Waals surface area contributed by atoms with Crippen molar-refractivity contribution in [3.63, 3.8) is 0 Å². The molecule has 0 aliphatic carbocycles. The fraction of sp³-hybridized carbons (Fsp3) is 0.429. The van der Waals surface area contributed by atoms with Crippen molar-refractivity contribution < 1.29 is 23.5 Å². The van der Waals surface area contributed by atoms with Crippen LogP contribution >= 0.6 is 0 Å². The second kappa shape index (κ2) is 7.56. The monoisotopic (exact) mass is 300 g/mol. The first kappa shape index (κ1) is 16.9. The molecule has 1 rings (SSSR count). The molecular weight excluding hydrogens is 282 g/mol. The molecule has 0 heterocycles. The van der Waals surface area contributed by atoms with Crippen molar-refractivity contribution in [1.29, 1.82) is 0 Å². The van der Waals surface area contributed by atoms with E-state index in [4.69, 9.17) is 5.11 Å². The third-order valence-corrected chi connectivity index (χ3v) is 3.25. The number of amides is 2. The van der Waals surface area contributed by atoms with E-state index in [-0.39, 0.29) is 5.69 Å². The number of halogens is 2. The second-order valence-electron chi connectivity index (χ2n) is 4.63. The molecule has 116 valence electrons. The summed E-state index contributed by atoms with van der Waals surface area (Å²) in [5.74, 6) is -3.66. The number of rotatable bonds is 6. The van der Waals surface area contributed by atoms with Crippen LogP contribution in [-0.2, 0) is 0 Å². The molecule has 0 aliphatic heterocycles. The molecule has 0 bridgehead atoms. The van der Waals surface area contributed by atoms with Crippen LogP contribution in [0.4, 0.5) is 19.3 Å². The molecule has 0 aliphatic rings. The zero-order valence-corrected chi connectivity index (χ0v) is 11.9. The van der Waals surface area contributed by atoms with Gasteiger partial charge >= 0.3 is 12.0 Å². The fourth-order valence-corrected chi connectivity index (χ4v) is 1.81. The summed E-state index contributed by atoms with van der Waals surface area (Å²) in [6, 6.07) is 0.527. The molecule has 0 saturated heterocycles. The Morgan fingerprint density at radius 1 is 1.19 bits per heavy atom. The highest BCUT2D eigenvalue weighted by Crippen LogP contribution is 2.20. The van der Waals surface area contributed by atoms with Crippen LogP contribution in [0.25, 0.3) is 0 Å². The standard InChI is InChI=1S/C14H18F2N2O3/c1-3-8(4-2)7-17-14(21)18-12-6-11(16)10(15)5-9(12)13(19)20/h5-6,8H,3-4,7H2,1-2H3,(H,19,20)(H2,17,18,21). The summed E-state index contributed by atoms with van der Waals surface area (Å²) in [4.78, 5) is 22.7. The summed E-state index contributed by atoms with van der Waals surface area (Å²) in [5, 5.41) is 13.7. The summed E-state index contributed by atoms with van der Waals surface area (Å²) in [7, 11) is 0. The number of carbonyl (C=O) groups is 2. The number of benzene rings is 1. The molecule has 7 heteroatoms. The number of carboxylic acids is 1. The number of carbonyl (C=O) groups excluding carboxylic acids is 1. The van der Waals surface area contributed by atoms with E-state index in [1.165, 1.54) is 0 Å². The van der Waals surface area contributed by atoms with Crippen molar-refractivity contribution >= 4 is 17.7 Å². The molecule has 21 heavy (non-hydrogen) atoms. The van der Waals surface area contributed by atoms with Gasteiger partial charge in [-0.05, 0) is 12.0 Å². The molecule has 2 amide bonds. The van der Waals surface area contributed by atoms with Crippen molar-refractivity contribution in [2.24, 2.45) is 5.92 Å². The molecule has 0 unspecified atom stereocenters. The van der Waals surface area contributed by atoms with E-state index in [0.29, 0.717) is 24.6 Å². The van der Waals surface area contributed by atoms with Crippen molar-refractivity contribution in [1.82, 2.24) is 5.32 Å². The van der Waals surface area contributed by atoms with Crippen LogP contribution in [0.1, 0.15) is 37.0 Å². The van der Waals surface area contributed by atoms with Gasteiger partial charge in [-0.25, -0.2) is 18.4 Å². The summed E-state index contributed by atoms with van der Waals surface area (Å²) in [6.07, 6.45) is 1.78. The number of hydrogen-bond donors (Lipinski definition) is 3. The van der Waals surface area contributed by atoms with Gasteiger partial charge < -0.3 is 15.7 Å². The summed E-state index contributed by atoms with van der Waals surface area (Å²) in [6.45, 7) is 4.40. The molecule has 0 atom stereocenters. The van der Waals surface area contributed by atoms with E-state index in [1.54, 1.807) is 0 Å². The minimum absolute atomic E-state index is 0.288. The molecule has 0 saturated carbocycles. The summed E-state index contributed by atoms with van der Waals surface area (Å²) >= 11 is 0. The van der Waals surface area contributed by atoms with Gasteiger partial charge in [0.2, 0.25) is 0 Å². The zero-order valence-electron chi connectivity index (χ0n) is 11.9. The van der Waals surface area contributed by atoms with Crippen LogP contribution in [0.2, 0.25) is 0 Å². The molecule has 5 nitrogen and oxygen atoms in total. The van der Waals surface area contributed by atoms with Gasteiger partial charge in [0.05, 0.1) is 11.3 Å². The van der Waals surface area contributed by atoms with Crippen LogP contribution in [0.5, 0.6) is 0 Å². The lowest BCUT2D eigenvalue weighted by molar-refractivity contribution is 0.0697. The SMILES string of the molecule is CCC(CC)CNC(=O)Nc1cc(F)c(F)cc1C(=O)O. The van der Waals surface area contributed by atoms with E-state index >= 15 is 0 Å². The second-order valence-corrected chi connectivity index (χ2v) is 4.63. The van der Waals surface area contributed by atoms with Crippen molar-refractivity contribution in [3.8, 4) is 0 Å². The Hall–Kier alpha value is -2.18. The Bertz CT molecular complexity index is 531. The quantitative estimate of drug-likeness (QED) is 0.754. The highest BCUT2D eigenvalue weighted by Gasteiger charge is 2.17. The lowest BCUT2D eigenvalue weighted by atomic mass is 10.0. The van der Waals surface area contributed by atoms with Gasteiger partial charge in [0.25, 0.3) is 0 Å². The molecule has 0 aromatic heterocycles. The van der Waals surface area contributed by atoms with Gasteiger partial charge in [-0.1, -0.05) is 26.7 Å². The number of carboxylic acid groups (broad SMARTS) is 1. The zero-order chi connectivity index (χ0) is 16.0. The molecular formula is C14H18F2N2O3. The first-order valence-electron chi connectivity index (χ1n) is 6.66. The van der Waals surface area contributed by atoms with Crippen LogP contribution < -0.4 is 10.6 Å². The van der Waals surface area contributed by atoms with Gasteiger partial charge in [0, 0.05) is 12.6 Å². The van der Waals surface area contributed by atoms with E-state index in [0.717, 1.165) is 12.8 Å². The first-order valence-corrected chi connectivity index (χ1v) is 6.66. The summed E-state index contributed by atoms with van der Waals surface area (Å²) in [5.41, 5.74) is -0.796. The minimum atomic E-state index is -1.45. The van der Waals surface area contributed by atoms with Gasteiger partial charge in [-0.2, -0.15) is 0 Å². The van der Waals surface area contributed by atoms with Crippen molar-refractivity contribution in [2.45, 2.75) is 26.7 Å². The van der Waals surface area contributed by atoms with Crippen molar-refractivity contribution in [2.75, 3.05) is 11.9 Å². The van der Waals surface area contributed by atoms with Crippen LogP contribution in [0, 0.1) is 17.6 Å². The Balaban J connectivity index is 2.80. The van der Waals surface area contributed by atoms with Crippen LogP contribution in [-0.4, -0.2) is 23.7 Å². The van der Waals surface area contributed by atoms with Gasteiger partial charge in [0.1, 0.15) is 0 Å². The average Bonchev–Trinajstić information content (AvgIpc) is 2.43. The summed E-state index contributed by atoms with van der Waals surface area (Å²) < 4.78 is 26.2. The lowest BCUT2D eigenvalue weighted by Crippen LogP contribution is -2.33. The fourth-order valence-electron chi connectivity index (χ4n) is 1.81. The van der Waals surface area contributed by atoms with Gasteiger partial charge in [-0.3, -0.25) is 0 Å². The smallest absolute Gasteiger partial charge is 0.337 e. The third kappa shape index (κ3) is 4.70. The molecule has 0 spiro atoms. The number of hydrogen-bond acceptors (Lipinski definition) is 2. The highest BCUT2D eigenvalue weighted by molar-refractivity contribution is 6.00. The predicted molar refractivity (Wildman–Crippen MR) is 74.4 cm³/mol. The maximum atomic E-state index is 13.2. The first-order chi connectivity index (χ1) is 9.88. The Labute approximate surface area is 121 Å². The number of anilines is 1. The maximum Gasteiger partial charge on any atom is 0.337 e. The third-order valence-electron chi connectivity index (χ3n) is 3.25. The molecule has 1 aromatic carbocycles. The topological polar surface area (TPSA) is 78.4 Å². The number of urea groups is 1. The van der Waals surface area contributed by atoms with E-state index < -0.39 is 29.2 Å². The Morgan fingerprint density at radius 2 is 1.76 bits per heavy atom. The molecule has 1 aromatic rings. The lowest BCUT2D eigenvalue weighted by Gasteiger charge is -2.14. The van der Waals surface area contributed by atoms with Gasteiger partial charge in [0.15, 0.2) is 11.6 Å². The number of nitrogens with one attached hydrogen (secondary N) is 2. The maximum absolute atomic E-state index is 13.2. The average molecular weight is 300 g/mol. The highest BCUT2D eigenvalue weighted by atomic mass is 19.2. The van der Waals surface area contributed by atoms with Gasteiger partial charge in [-0.15, -0.1) is 0 Å². The Kier molecular flexibility index (Phi) is 6.08. The van der Waals surface area contributed by atoms with Crippen LogP contribution in [0.15, 0.2) is 12.1 Å². The van der Waals surface area contributed by atoms with Crippen molar-refractivity contribution in [3.05, 3.63) is 29.3 Å². The van der Waals surface area contributed by atoms with E-state index in [1.807, 2.05) is 13.8 Å². The normalized spacial score (nSPS) is 10.5. The largest absolute Gasteiger partial charge is 0.478 e.